The highest BCUT2D eigenvalue weighted by molar-refractivity contribution is 5.90. The lowest BCUT2D eigenvalue weighted by atomic mass is 10.1. The number of phenolic OH excluding ortho intramolecular Hbond substituents is 2. The molecule has 0 atom stereocenters. The Bertz CT molecular complexity index is 554. The Morgan fingerprint density at radius 2 is 1.86 bits per heavy atom. The van der Waals surface area contributed by atoms with Crippen LogP contribution in [0.2, 0.25) is 0 Å². The molecule has 2 aromatic rings. The molecule has 14 heavy (non-hydrogen) atoms. The molecule has 0 unspecified atom stereocenters. The largest absolute Gasteiger partial charge is 0.507 e. The minimum Gasteiger partial charge on any atom is -0.507 e. The first-order valence-electron chi connectivity index (χ1n) is 4.05. The van der Waals surface area contributed by atoms with Gasteiger partial charge in [-0.3, -0.25) is 0 Å². The van der Waals surface area contributed by atoms with E-state index in [1.54, 1.807) is 6.92 Å². The summed E-state index contributed by atoms with van der Waals surface area (Å²) in [4.78, 5) is 11.0. The zero-order valence-electron chi connectivity index (χ0n) is 7.44. The van der Waals surface area contributed by atoms with Crippen molar-refractivity contribution in [1.82, 2.24) is 0 Å². The van der Waals surface area contributed by atoms with Gasteiger partial charge in [0.25, 0.3) is 0 Å². The lowest BCUT2D eigenvalue weighted by Crippen LogP contribution is -1.97. The second-order valence-corrected chi connectivity index (χ2v) is 3.06. The molecule has 4 heteroatoms. The average Bonchev–Trinajstić information content (AvgIpc) is 2.10. The fourth-order valence-electron chi connectivity index (χ4n) is 1.42. The first-order valence-corrected chi connectivity index (χ1v) is 4.05. The zero-order chi connectivity index (χ0) is 10.3. The van der Waals surface area contributed by atoms with Crippen molar-refractivity contribution in [3.8, 4) is 11.5 Å². The first-order chi connectivity index (χ1) is 6.59. The maximum Gasteiger partial charge on any atom is 0.336 e. The van der Waals surface area contributed by atoms with Crippen LogP contribution in [0.5, 0.6) is 11.5 Å². The van der Waals surface area contributed by atoms with Crippen LogP contribution in [-0.2, 0) is 0 Å². The lowest BCUT2D eigenvalue weighted by molar-refractivity contribution is 0.448. The molecule has 0 fully saturated rings. The average molecular weight is 192 g/mol. The van der Waals surface area contributed by atoms with E-state index in [0.717, 1.165) is 0 Å². The molecule has 0 saturated carbocycles. The van der Waals surface area contributed by atoms with Crippen molar-refractivity contribution in [2.24, 2.45) is 0 Å². The summed E-state index contributed by atoms with van der Waals surface area (Å²) in [6.07, 6.45) is 0. The molecule has 0 aliphatic heterocycles. The second-order valence-electron chi connectivity index (χ2n) is 3.06. The van der Waals surface area contributed by atoms with E-state index in [-0.39, 0.29) is 17.1 Å². The Kier molecular flexibility index (Phi) is 1.70. The predicted octanol–water partition coefficient (Wildman–Crippen LogP) is 1.51. The molecule has 0 amide bonds. The molecular formula is C10H8O4. The summed E-state index contributed by atoms with van der Waals surface area (Å²) >= 11 is 0. The number of benzene rings is 1. The SMILES string of the molecule is Cc1cc(=O)oc2c(O)ccc(O)c12. The topological polar surface area (TPSA) is 70.7 Å². The van der Waals surface area contributed by atoms with Crippen molar-refractivity contribution in [3.05, 3.63) is 34.2 Å². The number of hydrogen-bond acceptors (Lipinski definition) is 4. The van der Waals surface area contributed by atoms with Gasteiger partial charge in [-0.15, -0.1) is 0 Å². The van der Waals surface area contributed by atoms with Gasteiger partial charge in [-0.1, -0.05) is 0 Å². The Hall–Kier alpha value is -1.97. The monoisotopic (exact) mass is 192 g/mol. The number of hydrogen-bond donors (Lipinski definition) is 2. The third kappa shape index (κ3) is 1.12. The molecule has 2 N–H and O–H groups in total. The van der Waals surface area contributed by atoms with Crippen LogP contribution < -0.4 is 5.63 Å². The van der Waals surface area contributed by atoms with Gasteiger partial charge in [0.15, 0.2) is 11.3 Å². The van der Waals surface area contributed by atoms with Crippen LogP contribution in [-0.4, -0.2) is 10.2 Å². The van der Waals surface area contributed by atoms with E-state index >= 15 is 0 Å². The molecule has 0 aliphatic rings. The van der Waals surface area contributed by atoms with Gasteiger partial charge in [-0.05, 0) is 24.6 Å². The summed E-state index contributed by atoms with van der Waals surface area (Å²) in [7, 11) is 0. The van der Waals surface area contributed by atoms with Crippen molar-refractivity contribution < 1.29 is 14.6 Å². The van der Waals surface area contributed by atoms with Crippen LogP contribution in [0, 0.1) is 6.92 Å². The summed E-state index contributed by atoms with van der Waals surface area (Å²) in [5.41, 5.74) is 0.0514. The summed E-state index contributed by atoms with van der Waals surface area (Å²) < 4.78 is 4.79. The van der Waals surface area contributed by atoms with E-state index in [1.165, 1.54) is 18.2 Å². The highest BCUT2D eigenvalue weighted by Gasteiger charge is 2.10. The minimum atomic E-state index is -0.545. The van der Waals surface area contributed by atoms with E-state index in [1.807, 2.05) is 0 Å². The Labute approximate surface area is 79.0 Å². The Morgan fingerprint density at radius 1 is 1.21 bits per heavy atom. The molecule has 4 nitrogen and oxygen atoms in total. The molecule has 1 aromatic heterocycles. The molecule has 0 spiro atoms. The van der Waals surface area contributed by atoms with Gasteiger partial charge >= 0.3 is 5.63 Å². The molecule has 0 saturated heterocycles. The van der Waals surface area contributed by atoms with E-state index in [9.17, 15) is 15.0 Å². The molecule has 0 radical (unpaired) electrons. The highest BCUT2D eigenvalue weighted by atomic mass is 16.4. The smallest absolute Gasteiger partial charge is 0.336 e. The quantitative estimate of drug-likeness (QED) is 0.490. The molecule has 2 rings (SSSR count). The number of fused-ring (bicyclic) bond motifs is 1. The van der Waals surface area contributed by atoms with Crippen molar-refractivity contribution in [3.63, 3.8) is 0 Å². The summed E-state index contributed by atoms with van der Waals surface area (Å²) in [5.74, 6) is -0.169. The van der Waals surface area contributed by atoms with E-state index in [0.29, 0.717) is 10.9 Å². The van der Waals surface area contributed by atoms with Gasteiger partial charge < -0.3 is 14.6 Å². The fourth-order valence-corrected chi connectivity index (χ4v) is 1.42. The van der Waals surface area contributed by atoms with E-state index < -0.39 is 5.63 Å². The Balaban J connectivity index is 3.07. The van der Waals surface area contributed by atoms with Crippen LogP contribution in [0.1, 0.15) is 5.56 Å². The lowest BCUT2D eigenvalue weighted by Gasteiger charge is -2.03. The maximum absolute atomic E-state index is 11.0. The van der Waals surface area contributed by atoms with Gasteiger partial charge in [0, 0.05) is 6.07 Å². The van der Waals surface area contributed by atoms with Gasteiger partial charge in [0.2, 0.25) is 0 Å². The highest BCUT2D eigenvalue weighted by Crippen LogP contribution is 2.32. The van der Waals surface area contributed by atoms with Gasteiger partial charge in [-0.2, -0.15) is 0 Å². The van der Waals surface area contributed by atoms with Crippen molar-refractivity contribution in [2.45, 2.75) is 6.92 Å². The van der Waals surface area contributed by atoms with Crippen LogP contribution in [0.25, 0.3) is 11.0 Å². The predicted molar refractivity (Wildman–Crippen MR) is 50.6 cm³/mol. The summed E-state index contributed by atoms with van der Waals surface area (Å²) in [6, 6.07) is 3.90. The summed E-state index contributed by atoms with van der Waals surface area (Å²) in [6.45, 7) is 1.67. The van der Waals surface area contributed by atoms with E-state index in [2.05, 4.69) is 0 Å². The molecule has 1 heterocycles. The zero-order valence-corrected chi connectivity index (χ0v) is 7.44. The van der Waals surface area contributed by atoms with Crippen LogP contribution >= 0.6 is 0 Å². The molecular weight excluding hydrogens is 184 g/mol. The normalized spacial score (nSPS) is 10.6. The van der Waals surface area contributed by atoms with Crippen molar-refractivity contribution in [2.75, 3.05) is 0 Å². The summed E-state index contributed by atoms with van der Waals surface area (Å²) in [5, 5.41) is 19.3. The Morgan fingerprint density at radius 3 is 2.57 bits per heavy atom. The maximum atomic E-state index is 11.0. The molecule has 0 bridgehead atoms. The standard InChI is InChI=1S/C10H8O4/c1-5-4-8(13)14-10-7(12)3-2-6(11)9(5)10/h2-4,11-12H,1H3. The molecule has 72 valence electrons. The fraction of sp³-hybridized carbons (Fsp3) is 0.100. The minimum absolute atomic E-state index is 0.0148. The molecule has 0 aliphatic carbocycles. The van der Waals surface area contributed by atoms with Gasteiger partial charge in [0.1, 0.15) is 5.75 Å². The number of phenols is 2. The van der Waals surface area contributed by atoms with Crippen molar-refractivity contribution >= 4 is 11.0 Å². The van der Waals surface area contributed by atoms with Crippen LogP contribution in [0.4, 0.5) is 0 Å². The molecule has 1 aromatic carbocycles. The number of aromatic hydroxyl groups is 2. The number of rotatable bonds is 0. The third-order valence-corrected chi connectivity index (χ3v) is 2.05. The van der Waals surface area contributed by atoms with Gasteiger partial charge in [0.05, 0.1) is 5.39 Å². The second kappa shape index (κ2) is 2.77. The van der Waals surface area contributed by atoms with Crippen LogP contribution in [0.3, 0.4) is 0 Å². The van der Waals surface area contributed by atoms with Gasteiger partial charge in [-0.25, -0.2) is 4.79 Å². The van der Waals surface area contributed by atoms with E-state index in [4.69, 9.17) is 4.42 Å². The first kappa shape index (κ1) is 8.62. The third-order valence-electron chi connectivity index (χ3n) is 2.05. The van der Waals surface area contributed by atoms with Crippen LogP contribution in [0.15, 0.2) is 27.4 Å². The van der Waals surface area contributed by atoms with Crippen molar-refractivity contribution in [1.29, 1.82) is 0 Å². The number of aryl methyl sites for hydroxylation is 1.